The first-order valence-electron chi connectivity index (χ1n) is 38.9. The number of rotatable bonds is 11. The van der Waals surface area contributed by atoms with Gasteiger partial charge in [0.25, 0.3) is 6.33 Å². The van der Waals surface area contributed by atoms with Gasteiger partial charge >= 0.3 is 0 Å². The van der Waals surface area contributed by atoms with Crippen LogP contribution in [-0.4, -0.2) is 22.2 Å². The van der Waals surface area contributed by atoms with Crippen LogP contribution < -0.4 is 30.1 Å². The Morgan fingerprint density at radius 2 is 0.946 bits per heavy atom. The molecule has 13 rings (SSSR count). The van der Waals surface area contributed by atoms with Crippen LogP contribution in [0.4, 0.5) is 0 Å². The van der Waals surface area contributed by atoms with Crippen LogP contribution in [0.3, 0.4) is 0 Å². The summed E-state index contributed by atoms with van der Waals surface area (Å²) in [5.41, 5.74) is 9.72. The van der Waals surface area contributed by atoms with Crippen molar-refractivity contribution in [2.45, 2.75) is 131 Å². The molecule has 92 heavy (non-hydrogen) atoms. The molecule has 3 heterocycles. The normalized spacial score (nSPS) is 15.0. The molecule has 0 spiro atoms. The summed E-state index contributed by atoms with van der Waals surface area (Å²) in [6.45, 7) is 32.2. The van der Waals surface area contributed by atoms with Gasteiger partial charge in [-0.25, -0.2) is 4.98 Å². The van der Waals surface area contributed by atoms with Crippen LogP contribution in [0.5, 0.6) is 11.5 Å². The number of nitrogens with zero attached hydrogens (tertiary/aromatic N) is 4. The molecule has 460 valence electrons. The van der Waals surface area contributed by atoms with Crippen molar-refractivity contribution in [1.82, 2.24) is 14.1 Å². The van der Waals surface area contributed by atoms with Crippen LogP contribution in [-0.2, 0) is 27.1 Å². The summed E-state index contributed by atoms with van der Waals surface area (Å²) in [7, 11) is -5.88. The van der Waals surface area contributed by atoms with Crippen molar-refractivity contribution in [3.05, 3.63) is 283 Å². The average Bonchev–Trinajstić information content (AvgIpc) is 0.936. The van der Waals surface area contributed by atoms with Crippen molar-refractivity contribution in [3.8, 4) is 50.9 Å². The maximum atomic E-state index is 10.2. The van der Waals surface area contributed by atoms with Crippen LogP contribution in [0.1, 0.15) is 152 Å². The Morgan fingerprint density at radius 1 is 0.424 bits per heavy atom. The Balaban J connectivity index is 1.21. The maximum Gasteiger partial charge on any atom is 0.269 e. The molecule has 0 unspecified atom stereocenters. The van der Waals surface area contributed by atoms with Gasteiger partial charge in [-0.15, -0.1) is 0 Å². The van der Waals surface area contributed by atoms with Crippen LogP contribution in [0.2, 0.25) is 0 Å². The van der Waals surface area contributed by atoms with E-state index >= 15 is 0 Å². The van der Waals surface area contributed by atoms with Gasteiger partial charge in [-0.3, -0.25) is 13.7 Å². The van der Waals surface area contributed by atoms with Crippen LogP contribution >= 0.6 is 0 Å². The lowest BCUT2D eigenvalue weighted by atomic mass is 9.79. The third-order valence-corrected chi connectivity index (χ3v) is 21.9. The first-order valence-corrected chi connectivity index (χ1v) is 33.4. The highest BCUT2D eigenvalue weighted by molar-refractivity contribution is 7.20. The van der Waals surface area contributed by atoms with Gasteiger partial charge < -0.3 is 4.74 Å². The number of benzene rings is 10. The van der Waals surface area contributed by atoms with Crippen LogP contribution in [0, 0.1) is 6.33 Å². The molecule has 13 aromatic rings. The molecule has 0 aliphatic heterocycles. The summed E-state index contributed by atoms with van der Waals surface area (Å²) in [5.74, 6) is 1.71. The van der Waals surface area contributed by atoms with E-state index in [0.29, 0.717) is 39.3 Å². The molecule has 10 aromatic carbocycles. The number of fused-ring (bicyclic) bond motifs is 4. The summed E-state index contributed by atoms with van der Waals surface area (Å²) in [6, 6.07) is 37.0. The first-order chi connectivity index (χ1) is 50.0. The Kier molecular flexibility index (Phi) is 11.5. The number of hydrogen-bond acceptors (Lipinski definition) is 2. The van der Waals surface area contributed by atoms with E-state index in [4.69, 9.17) is 13.8 Å². The fourth-order valence-corrected chi connectivity index (χ4v) is 16.5. The molecular formula is C86H86N4OSi. The molecule has 0 radical (unpaired) electrons. The van der Waals surface area contributed by atoms with E-state index in [9.17, 15) is 16.4 Å². The summed E-state index contributed by atoms with van der Waals surface area (Å²) >= 11 is 0. The van der Waals surface area contributed by atoms with Gasteiger partial charge in [-0.05, 0) is 152 Å². The second-order valence-corrected chi connectivity index (χ2v) is 32.8. The summed E-state index contributed by atoms with van der Waals surface area (Å²) in [4.78, 5) is 4.93. The number of aromatic nitrogens is 4. The maximum absolute atomic E-state index is 10.2. The summed E-state index contributed by atoms with van der Waals surface area (Å²) < 4.78 is 159. The highest BCUT2D eigenvalue weighted by atomic mass is 28.3. The Labute approximate surface area is 567 Å². The highest BCUT2D eigenvalue weighted by Crippen LogP contribution is 2.41. The molecule has 0 bridgehead atoms. The van der Waals surface area contributed by atoms with Gasteiger partial charge in [0.1, 0.15) is 17.3 Å². The van der Waals surface area contributed by atoms with Gasteiger partial charge in [-0.2, -0.15) is 0 Å². The Hall–Kier alpha value is -9.36. The standard InChI is InChI=1S/C86H86N4OSi/c1-82(2,3)61-45-46-87-80(54-61)90-75-39-26-25-37-73(75)74-43-42-68(56-77(74)90)91-67-30-27-29-66(55-67)88-57-89(76-44-41-58(51-78(76)88)59-47-62(83(4,5)6)52-63(48-59)84(7,8)9)81-72(60-49-64(85(10,11)12)53-65(50-60)86(13,14)15)38-28-40-79(81)92(69-31-19-16-20-32-69,70-33-21-17-22-34-70)71-35-23-18-24-36-71/h16-56H,1-15H3/i16D,17D,18D,19D,20D,21D,22D,23D,24D,31D,32D,33D,34D,35D,36D. The Bertz CT molecular complexity index is 5540. The van der Waals surface area contributed by atoms with E-state index in [1.54, 1.807) is 16.7 Å². The molecule has 0 fully saturated rings. The SMILES string of the molecule is [2H]c1c([2H])c([2H])c([Si](c2cccc(-c3cc(C(C)(C)C)cc(C(C)(C)C)c3)c2-[n+]2[c-]n(-c3cccc(Oc4ccc5c6ccccc6n(-c6cc(C(C)(C)C)ccn6)c5c4)c3)c3cc(-c4cc(C(C)(C)C)cc(C(C)(C)C)c4)ccc32)(c2c([2H])c([2H])c([2H])c([2H])c2[2H])c2c([2H])c([2H])c([2H])c([2H])c2[2H])c([2H])c1[2H]. The molecule has 0 N–H and O–H groups in total. The zero-order valence-electron chi connectivity index (χ0n) is 70.2. The summed E-state index contributed by atoms with van der Waals surface area (Å²) in [5, 5.41) is 0.129. The van der Waals surface area contributed by atoms with Gasteiger partial charge in [0.2, 0.25) is 0 Å². The molecule has 3 aromatic heterocycles. The lowest BCUT2D eigenvalue weighted by molar-refractivity contribution is -0.570. The van der Waals surface area contributed by atoms with E-state index in [1.807, 2.05) is 95.7 Å². The van der Waals surface area contributed by atoms with Gasteiger partial charge in [-0.1, -0.05) is 285 Å². The molecule has 0 amide bonds. The van der Waals surface area contributed by atoms with Crippen LogP contribution in [0.15, 0.2) is 248 Å². The quantitative estimate of drug-likeness (QED) is 0.0560. The van der Waals surface area contributed by atoms with Crippen molar-refractivity contribution >= 4 is 61.7 Å². The molecule has 0 saturated carbocycles. The number of imidazole rings is 1. The smallest absolute Gasteiger partial charge is 0.269 e. The molecule has 0 aliphatic rings. The Morgan fingerprint density at radius 3 is 1.51 bits per heavy atom. The van der Waals surface area contributed by atoms with E-state index in [-0.39, 0.29) is 27.1 Å². The van der Waals surface area contributed by atoms with Gasteiger partial charge in [0, 0.05) is 23.0 Å². The van der Waals surface area contributed by atoms with Crippen LogP contribution in [0.25, 0.3) is 72.3 Å². The molecule has 6 heteroatoms. The number of pyridine rings is 1. The van der Waals surface area contributed by atoms with Crippen molar-refractivity contribution in [1.29, 1.82) is 0 Å². The van der Waals surface area contributed by atoms with E-state index in [0.717, 1.165) is 66.6 Å². The molecule has 0 saturated heterocycles. The van der Waals surface area contributed by atoms with Crippen molar-refractivity contribution in [2.24, 2.45) is 0 Å². The minimum absolute atomic E-state index is 0.0636. The first kappa shape index (κ1) is 45.8. The fraction of sp³-hybridized carbons (Fsp3) is 0.233. The third-order valence-electron chi connectivity index (χ3n) is 17.7. The number of ether oxygens (including phenoxy) is 1. The zero-order valence-corrected chi connectivity index (χ0v) is 56.2. The monoisotopic (exact) mass is 1230 g/mol. The second-order valence-electron chi connectivity index (χ2n) is 29.3. The van der Waals surface area contributed by atoms with Crippen molar-refractivity contribution in [3.63, 3.8) is 0 Å². The molecule has 0 atom stereocenters. The minimum Gasteiger partial charge on any atom is -0.458 e. The largest absolute Gasteiger partial charge is 0.458 e. The molecular weight excluding hydrogens is 1130 g/mol. The lowest BCUT2D eigenvalue weighted by Gasteiger charge is -2.37. The van der Waals surface area contributed by atoms with E-state index in [1.165, 1.54) is 0 Å². The van der Waals surface area contributed by atoms with Crippen molar-refractivity contribution < 1.29 is 29.9 Å². The van der Waals surface area contributed by atoms with E-state index in [2.05, 4.69) is 169 Å². The lowest BCUT2D eigenvalue weighted by Crippen LogP contribution is -2.76. The summed E-state index contributed by atoms with van der Waals surface area (Å²) in [6.07, 6.45) is 5.63. The zero-order chi connectivity index (χ0) is 77.8. The molecule has 0 aliphatic carbocycles. The van der Waals surface area contributed by atoms with Gasteiger partial charge in [0.15, 0.2) is 8.07 Å². The predicted molar refractivity (Wildman–Crippen MR) is 390 cm³/mol. The van der Waals surface area contributed by atoms with Gasteiger partial charge in [0.05, 0.1) is 54.0 Å². The predicted octanol–water partition coefficient (Wildman–Crippen LogP) is 19.2. The minimum atomic E-state index is -5.88. The number of para-hydroxylation sites is 2. The average molecular weight is 1230 g/mol. The third kappa shape index (κ3) is 11.4. The number of hydrogen-bond donors (Lipinski definition) is 0. The van der Waals surface area contributed by atoms with E-state index < -0.39 is 125 Å². The second kappa shape index (κ2) is 23.1. The van der Waals surface area contributed by atoms with Crippen molar-refractivity contribution in [2.75, 3.05) is 0 Å². The fourth-order valence-electron chi connectivity index (χ4n) is 12.5. The highest BCUT2D eigenvalue weighted by Gasteiger charge is 2.44. The topological polar surface area (TPSA) is 35.9 Å². The molecule has 5 nitrogen and oxygen atoms in total.